The Morgan fingerprint density at radius 3 is 2.85 bits per heavy atom. The molecule has 0 saturated heterocycles. The normalized spacial score (nSPS) is 18.9. The number of nitrogens with zero attached hydrogens (tertiary/aromatic N) is 4. The molecule has 0 bridgehead atoms. The number of hydrogen-bond acceptors (Lipinski definition) is 3. The summed E-state index contributed by atoms with van der Waals surface area (Å²) in [6.45, 7) is 2.78. The van der Waals surface area contributed by atoms with Crippen LogP contribution < -0.4 is 5.32 Å². The Bertz CT molecular complexity index is 595. The monoisotopic (exact) mass is 273 g/mol. The molecule has 1 aliphatic carbocycles. The molecule has 5 nitrogen and oxygen atoms in total. The average Bonchev–Trinajstić information content (AvgIpc) is 2.91. The largest absolute Gasteiger partial charge is 0.346 e. The molecule has 1 aliphatic rings. The van der Waals surface area contributed by atoms with E-state index in [0.29, 0.717) is 6.04 Å². The van der Waals surface area contributed by atoms with Gasteiger partial charge in [-0.25, -0.2) is 0 Å². The minimum atomic E-state index is 0.495. The third kappa shape index (κ3) is 2.38. The summed E-state index contributed by atoms with van der Waals surface area (Å²) in [5.41, 5.74) is 2.95. The number of nitrogens with one attached hydrogen (secondary N) is 1. The molecule has 0 spiro atoms. The molecule has 1 N–H and O–H groups in total. The number of aryl methyl sites for hydroxylation is 2. The van der Waals surface area contributed by atoms with Crippen LogP contribution in [-0.2, 0) is 20.0 Å². The van der Waals surface area contributed by atoms with Crippen LogP contribution in [0.2, 0.25) is 0 Å². The third-order valence-electron chi connectivity index (χ3n) is 4.42. The minimum absolute atomic E-state index is 0.495. The SMILES string of the molecule is CNC1CCCCc2cn(Cc3nnc(C)n3C)cc21. The van der Waals surface area contributed by atoms with E-state index in [1.165, 1.54) is 36.8 Å². The highest BCUT2D eigenvalue weighted by molar-refractivity contribution is 5.29. The first kappa shape index (κ1) is 13.4. The molecule has 0 aliphatic heterocycles. The highest BCUT2D eigenvalue weighted by Gasteiger charge is 2.19. The van der Waals surface area contributed by atoms with Crippen LogP contribution in [0.4, 0.5) is 0 Å². The minimum Gasteiger partial charge on any atom is -0.346 e. The molecule has 0 fully saturated rings. The van der Waals surface area contributed by atoms with E-state index in [4.69, 9.17) is 0 Å². The summed E-state index contributed by atoms with van der Waals surface area (Å²) in [5.74, 6) is 1.97. The molecule has 1 unspecified atom stereocenters. The fourth-order valence-electron chi connectivity index (χ4n) is 3.06. The zero-order valence-electron chi connectivity index (χ0n) is 12.6. The molecule has 0 amide bonds. The Labute approximate surface area is 120 Å². The molecular weight excluding hydrogens is 250 g/mol. The van der Waals surface area contributed by atoms with E-state index in [2.05, 4.69) is 44.1 Å². The van der Waals surface area contributed by atoms with Crippen molar-refractivity contribution < 1.29 is 0 Å². The molecule has 2 aromatic rings. The van der Waals surface area contributed by atoms with Crippen LogP contribution in [0.15, 0.2) is 12.4 Å². The van der Waals surface area contributed by atoms with Crippen LogP contribution in [0.5, 0.6) is 0 Å². The lowest BCUT2D eigenvalue weighted by Gasteiger charge is -2.13. The van der Waals surface area contributed by atoms with Crippen molar-refractivity contribution in [3.63, 3.8) is 0 Å². The summed E-state index contributed by atoms with van der Waals surface area (Å²) in [7, 11) is 4.08. The van der Waals surface area contributed by atoms with Crippen LogP contribution in [-0.4, -0.2) is 26.4 Å². The first-order valence-electron chi connectivity index (χ1n) is 7.39. The van der Waals surface area contributed by atoms with Crippen molar-refractivity contribution in [1.29, 1.82) is 0 Å². The predicted octanol–water partition coefficient (Wildman–Crippen LogP) is 1.96. The number of rotatable bonds is 3. The van der Waals surface area contributed by atoms with E-state index in [-0.39, 0.29) is 0 Å². The van der Waals surface area contributed by atoms with Gasteiger partial charge in [0, 0.05) is 25.5 Å². The number of fused-ring (bicyclic) bond motifs is 1. The van der Waals surface area contributed by atoms with Gasteiger partial charge in [0.2, 0.25) is 0 Å². The molecule has 5 heteroatoms. The molecule has 1 atom stereocenters. The summed E-state index contributed by atoms with van der Waals surface area (Å²) in [4.78, 5) is 0. The Morgan fingerprint density at radius 1 is 1.30 bits per heavy atom. The van der Waals surface area contributed by atoms with Crippen LogP contribution in [0.25, 0.3) is 0 Å². The van der Waals surface area contributed by atoms with Crippen LogP contribution in [0, 0.1) is 6.92 Å². The maximum atomic E-state index is 4.25. The second-order valence-electron chi connectivity index (χ2n) is 5.72. The van der Waals surface area contributed by atoms with Crippen molar-refractivity contribution in [3.8, 4) is 0 Å². The van der Waals surface area contributed by atoms with Gasteiger partial charge in [-0.1, -0.05) is 6.42 Å². The third-order valence-corrected chi connectivity index (χ3v) is 4.42. The van der Waals surface area contributed by atoms with E-state index in [9.17, 15) is 0 Å². The number of hydrogen-bond donors (Lipinski definition) is 1. The van der Waals surface area contributed by atoms with Gasteiger partial charge in [0.25, 0.3) is 0 Å². The van der Waals surface area contributed by atoms with Crippen molar-refractivity contribution >= 4 is 0 Å². The molecule has 0 radical (unpaired) electrons. The molecule has 108 valence electrons. The van der Waals surface area contributed by atoms with Gasteiger partial charge in [-0.05, 0) is 44.4 Å². The molecule has 20 heavy (non-hydrogen) atoms. The van der Waals surface area contributed by atoms with Crippen molar-refractivity contribution in [3.05, 3.63) is 35.2 Å². The lowest BCUT2D eigenvalue weighted by molar-refractivity contribution is 0.530. The van der Waals surface area contributed by atoms with E-state index in [0.717, 1.165) is 18.2 Å². The molecule has 2 heterocycles. The summed E-state index contributed by atoms with van der Waals surface area (Å²) in [6.07, 6.45) is 9.59. The fraction of sp³-hybridized carbons (Fsp3) is 0.600. The van der Waals surface area contributed by atoms with Gasteiger partial charge in [0.1, 0.15) is 5.82 Å². The lowest BCUT2D eigenvalue weighted by atomic mass is 10.1. The zero-order valence-corrected chi connectivity index (χ0v) is 12.6. The van der Waals surface area contributed by atoms with Gasteiger partial charge < -0.3 is 14.5 Å². The van der Waals surface area contributed by atoms with Gasteiger partial charge in [0.05, 0.1) is 6.54 Å². The summed E-state index contributed by atoms with van der Waals surface area (Å²) < 4.78 is 4.31. The topological polar surface area (TPSA) is 47.7 Å². The second-order valence-corrected chi connectivity index (χ2v) is 5.72. The van der Waals surface area contributed by atoms with E-state index < -0.39 is 0 Å². The standard InChI is InChI=1S/C15H23N5/c1-11-17-18-15(19(11)3)10-20-8-12-6-4-5-7-14(16-2)13(12)9-20/h8-9,14,16H,4-7,10H2,1-3H3. The lowest BCUT2D eigenvalue weighted by Crippen LogP contribution is -2.15. The van der Waals surface area contributed by atoms with E-state index in [1.54, 1.807) is 0 Å². The van der Waals surface area contributed by atoms with E-state index >= 15 is 0 Å². The van der Waals surface area contributed by atoms with Gasteiger partial charge in [0.15, 0.2) is 5.82 Å². The van der Waals surface area contributed by atoms with E-state index in [1.807, 2.05) is 14.0 Å². The average molecular weight is 273 g/mol. The highest BCUT2D eigenvalue weighted by Crippen LogP contribution is 2.29. The smallest absolute Gasteiger partial charge is 0.152 e. The zero-order chi connectivity index (χ0) is 14.1. The van der Waals surface area contributed by atoms with Crippen LogP contribution >= 0.6 is 0 Å². The van der Waals surface area contributed by atoms with Gasteiger partial charge in [-0.2, -0.15) is 0 Å². The first-order valence-corrected chi connectivity index (χ1v) is 7.39. The predicted molar refractivity (Wildman–Crippen MR) is 78.6 cm³/mol. The summed E-state index contributed by atoms with van der Waals surface area (Å²) >= 11 is 0. The Hall–Kier alpha value is -1.62. The number of aromatic nitrogens is 4. The fourth-order valence-corrected chi connectivity index (χ4v) is 3.06. The molecule has 2 aromatic heterocycles. The second kappa shape index (κ2) is 5.40. The Kier molecular flexibility index (Phi) is 3.61. The quantitative estimate of drug-likeness (QED) is 0.870. The molecular formula is C15H23N5. The summed E-state index contributed by atoms with van der Waals surface area (Å²) in [5, 5.41) is 11.8. The highest BCUT2D eigenvalue weighted by atomic mass is 15.3. The molecule has 3 rings (SSSR count). The Morgan fingerprint density at radius 2 is 2.15 bits per heavy atom. The van der Waals surface area contributed by atoms with Gasteiger partial charge >= 0.3 is 0 Å². The van der Waals surface area contributed by atoms with Crippen molar-refractivity contribution in [2.45, 2.75) is 45.2 Å². The maximum Gasteiger partial charge on any atom is 0.152 e. The molecule has 0 aromatic carbocycles. The van der Waals surface area contributed by atoms with Crippen molar-refractivity contribution in [1.82, 2.24) is 24.6 Å². The van der Waals surface area contributed by atoms with Crippen LogP contribution in [0.1, 0.15) is 48.1 Å². The van der Waals surface area contributed by atoms with Crippen molar-refractivity contribution in [2.24, 2.45) is 7.05 Å². The van der Waals surface area contributed by atoms with Gasteiger partial charge in [-0.3, -0.25) is 0 Å². The van der Waals surface area contributed by atoms with Crippen molar-refractivity contribution in [2.75, 3.05) is 7.05 Å². The van der Waals surface area contributed by atoms with Gasteiger partial charge in [-0.15, -0.1) is 10.2 Å². The molecule has 0 saturated carbocycles. The first-order chi connectivity index (χ1) is 9.69. The van der Waals surface area contributed by atoms with Crippen LogP contribution in [0.3, 0.4) is 0 Å². The maximum absolute atomic E-state index is 4.25. The Balaban J connectivity index is 1.87. The summed E-state index contributed by atoms with van der Waals surface area (Å²) in [6, 6.07) is 0.495.